The van der Waals surface area contributed by atoms with Gasteiger partial charge < -0.3 is 15.3 Å². The second-order valence-electron chi connectivity index (χ2n) is 15.0. The van der Waals surface area contributed by atoms with Crippen LogP contribution in [0.3, 0.4) is 0 Å². The molecule has 6 fully saturated rings. The maximum atomic E-state index is 11.8. The summed E-state index contributed by atoms with van der Waals surface area (Å²) in [5.74, 6) is 1.73. The zero-order chi connectivity index (χ0) is 29.5. The van der Waals surface area contributed by atoms with Crippen molar-refractivity contribution in [3.05, 3.63) is 0 Å². The summed E-state index contributed by atoms with van der Waals surface area (Å²) >= 11 is 0. The Labute approximate surface area is 246 Å². The van der Waals surface area contributed by atoms with Crippen LogP contribution in [0.15, 0.2) is 0 Å². The van der Waals surface area contributed by atoms with E-state index in [1.54, 1.807) is 0 Å². The predicted octanol–water partition coefficient (Wildman–Crippen LogP) is 3.91. The fourth-order valence-electron chi connectivity index (χ4n) is 10.6. The van der Waals surface area contributed by atoms with Crippen LogP contribution in [0.1, 0.15) is 104 Å². The molecule has 2 heterocycles. The fourth-order valence-corrected chi connectivity index (χ4v) is 10.6. The van der Waals surface area contributed by atoms with Gasteiger partial charge in [0.2, 0.25) is 0 Å². The average Bonchev–Trinajstić information content (AvgIpc) is 3.20. The minimum atomic E-state index is -1.06. The molecular formula is C33H54N2O6. The highest BCUT2D eigenvalue weighted by molar-refractivity contribution is 5.93. The summed E-state index contributed by atoms with van der Waals surface area (Å²) in [7, 11) is 0. The van der Waals surface area contributed by atoms with Crippen molar-refractivity contribution in [2.24, 2.45) is 34.5 Å². The second kappa shape index (κ2) is 12.3. The smallest absolute Gasteiger partial charge is 0.310 e. The van der Waals surface area contributed by atoms with E-state index in [1.807, 2.05) is 0 Å². The van der Waals surface area contributed by atoms with E-state index in [0.717, 1.165) is 44.2 Å². The van der Waals surface area contributed by atoms with Crippen LogP contribution in [0.25, 0.3) is 0 Å². The molecule has 2 saturated heterocycles. The van der Waals surface area contributed by atoms with Crippen LogP contribution >= 0.6 is 0 Å². The van der Waals surface area contributed by atoms with E-state index in [1.165, 1.54) is 65.0 Å². The van der Waals surface area contributed by atoms with Gasteiger partial charge in [0.15, 0.2) is 0 Å². The number of aliphatic hydroxyl groups is 2. The number of ketones is 2. The van der Waals surface area contributed by atoms with Gasteiger partial charge in [-0.15, -0.1) is 0 Å². The molecule has 0 amide bonds. The van der Waals surface area contributed by atoms with Gasteiger partial charge in [0.25, 0.3) is 0 Å². The highest BCUT2D eigenvalue weighted by Crippen LogP contribution is 2.66. The number of Topliss-reactive ketones (excluding diaryl/α,β-unsaturated/α-hetero) is 2. The monoisotopic (exact) mass is 574 g/mol. The molecule has 3 N–H and O–H groups in total. The molecule has 10 atom stereocenters. The van der Waals surface area contributed by atoms with Gasteiger partial charge in [0.1, 0.15) is 18.0 Å². The van der Waals surface area contributed by atoms with Crippen LogP contribution < -0.4 is 0 Å². The van der Waals surface area contributed by atoms with Crippen LogP contribution in [0.2, 0.25) is 0 Å². The first-order chi connectivity index (χ1) is 19.4. The van der Waals surface area contributed by atoms with Gasteiger partial charge in [-0.3, -0.25) is 24.2 Å². The number of carboxylic acid groups (broad SMARTS) is 1. The lowest BCUT2D eigenvalue weighted by molar-refractivity contribution is -0.156. The van der Waals surface area contributed by atoms with E-state index in [9.17, 15) is 24.6 Å². The number of fused-ring (bicyclic) bond motifs is 5. The highest BCUT2D eigenvalue weighted by atomic mass is 16.4. The van der Waals surface area contributed by atoms with Crippen molar-refractivity contribution in [3.8, 4) is 0 Å². The van der Waals surface area contributed by atoms with Crippen molar-refractivity contribution in [1.82, 2.24) is 9.80 Å². The van der Waals surface area contributed by atoms with Crippen molar-refractivity contribution in [3.63, 3.8) is 0 Å². The Morgan fingerprint density at radius 3 is 2.12 bits per heavy atom. The predicted molar refractivity (Wildman–Crippen MR) is 156 cm³/mol. The largest absolute Gasteiger partial charge is 0.481 e. The summed E-state index contributed by atoms with van der Waals surface area (Å²) < 4.78 is 0. The lowest BCUT2D eigenvalue weighted by Crippen LogP contribution is -2.60. The molecule has 0 unspecified atom stereocenters. The number of likely N-dealkylation sites (tertiary alicyclic amines) is 2. The molecule has 0 bridgehead atoms. The summed E-state index contributed by atoms with van der Waals surface area (Å²) in [5.41, 5.74) is 0.358. The van der Waals surface area contributed by atoms with E-state index in [-0.39, 0.29) is 41.3 Å². The third-order valence-corrected chi connectivity index (χ3v) is 12.7. The number of rotatable bonds is 4. The number of hydrogen-bond acceptors (Lipinski definition) is 7. The van der Waals surface area contributed by atoms with Gasteiger partial charge in [-0.2, -0.15) is 0 Å². The van der Waals surface area contributed by atoms with Gasteiger partial charge in [0.05, 0.1) is 12.2 Å². The summed E-state index contributed by atoms with van der Waals surface area (Å²) in [6.07, 6.45) is 12.7. The molecule has 41 heavy (non-hydrogen) atoms. The molecule has 232 valence electrons. The number of piperidine rings is 2. The average molecular weight is 575 g/mol. The SMILES string of the molecule is CC(=O)CC(=O)O.C[C@]12C[C@H](N3CCC(=O)CC3)[C@@H](O)C[C@@H]1CC[C@@H]1[C@@H]2CC[C@]2(C)[C@@H](O)[C@@H](N3CCCCC3)C[C@@H]12. The molecule has 0 aromatic rings. The first kappa shape index (κ1) is 31.1. The zero-order valence-electron chi connectivity index (χ0n) is 25.6. The number of nitrogens with zero attached hydrogens (tertiary/aromatic N) is 2. The van der Waals surface area contributed by atoms with Crippen molar-refractivity contribution in [1.29, 1.82) is 0 Å². The standard InChI is InChI=1S/C29H48N2O3.C4H6O3/c1-28-11-8-22-21(23(28)17-24(27(28)34)30-12-4-3-5-13-30)7-6-19-16-26(33)25(18-29(19,22)2)31-14-9-20(32)10-15-31;1-3(5)2-4(6)7/h19,21-27,33-34H,3-18H2,1-2H3;2H2,1H3,(H,6,7)/t19-,21+,22-,23-,24-,25-,26-,27-,28-,29-;/m0./s1. The number of hydrogen-bond donors (Lipinski definition) is 3. The molecule has 0 aromatic carbocycles. The molecule has 2 aliphatic heterocycles. The quantitative estimate of drug-likeness (QED) is 0.433. The summed E-state index contributed by atoms with van der Waals surface area (Å²) in [5, 5.41) is 30.7. The van der Waals surface area contributed by atoms with E-state index in [4.69, 9.17) is 5.11 Å². The van der Waals surface area contributed by atoms with E-state index >= 15 is 0 Å². The van der Waals surface area contributed by atoms with Crippen molar-refractivity contribution in [2.75, 3.05) is 26.2 Å². The summed E-state index contributed by atoms with van der Waals surface area (Å²) in [4.78, 5) is 36.4. The van der Waals surface area contributed by atoms with Crippen molar-refractivity contribution >= 4 is 17.5 Å². The minimum absolute atomic E-state index is 0.0767. The summed E-state index contributed by atoms with van der Waals surface area (Å²) in [6, 6.07) is 0.586. The Balaban J connectivity index is 0.000000431. The normalized spacial score (nSPS) is 45.0. The zero-order valence-corrected chi connectivity index (χ0v) is 25.6. The topological polar surface area (TPSA) is 118 Å². The van der Waals surface area contributed by atoms with Gasteiger partial charge in [0, 0.05) is 38.0 Å². The van der Waals surface area contributed by atoms with Crippen molar-refractivity contribution < 1.29 is 29.7 Å². The Bertz CT molecular complexity index is 961. The van der Waals surface area contributed by atoms with Crippen LogP contribution in [0, 0.1) is 34.5 Å². The summed E-state index contributed by atoms with van der Waals surface area (Å²) in [6.45, 7) is 10.3. The molecule has 8 nitrogen and oxygen atoms in total. The number of carbonyl (C=O) groups excluding carboxylic acids is 2. The lowest BCUT2D eigenvalue weighted by Gasteiger charge is -2.62. The molecule has 0 spiro atoms. The van der Waals surface area contributed by atoms with E-state index < -0.39 is 5.97 Å². The van der Waals surface area contributed by atoms with E-state index in [0.29, 0.717) is 36.5 Å². The lowest BCUT2D eigenvalue weighted by atomic mass is 9.44. The van der Waals surface area contributed by atoms with Crippen molar-refractivity contribution in [2.45, 2.75) is 129 Å². The third kappa shape index (κ3) is 6.05. The molecular weight excluding hydrogens is 520 g/mol. The number of aliphatic hydroxyl groups excluding tert-OH is 2. The van der Waals surface area contributed by atoms with Crippen LogP contribution in [-0.4, -0.2) is 93.1 Å². The highest BCUT2D eigenvalue weighted by Gasteiger charge is 2.63. The first-order valence-corrected chi connectivity index (χ1v) is 16.5. The molecule has 4 aliphatic carbocycles. The molecule has 0 radical (unpaired) electrons. The van der Waals surface area contributed by atoms with Gasteiger partial charge in [-0.1, -0.05) is 20.3 Å². The number of carbonyl (C=O) groups is 3. The maximum absolute atomic E-state index is 11.8. The Hall–Kier alpha value is -1.35. The van der Waals surface area contributed by atoms with E-state index in [2.05, 4.69) is 23.6 Å². The molecule has 4 saturated carbocycles. The Morgan fingerprint density at radius 2 is 1.51 bits per heavy atom. The molecule has 6 rings (SSSR count). The van der Waals surface area contributed by atoms with Gasteiger partial charge >= 0.3 is 5.97 Å². The molecule has 6 aliphatic rings. The Kier molecular flexibility index (Phi) is 9.35. The van der Waals surface area contributed by atoms with Crippen LogP contribution in [-0.2, 0) is 14.4 Å². The number of aliphatic carboxylic acids is 1. The molecule has 8 heteroatoms. The minimum Gasteiger partial charge on any atom is -0.481 e. The maximum Gasteiger partial charge on any atom is 0.310 e. The molecule has 0 aromatic heterocycles. The van der Waals surface area contributed by atoms with Gasteiger partial charge in [-0.05, 0) is 112 Å². The number of carboxylic acids is 1. The van der Waals surface area contributed by atoms with Gasteiger partial charge in [-0.25, -0.2) is 0 Å². The second-order valence-corrected chi connectivity index (χ2v) is 15.0. The fraction of sp³-hybridized carbons (Fsp3) is 0.909. The Morgan fingerprint density at radius 1 is 0.854 bits per heavy atom. The van der Waals surface area contributed by atoms with Crippen LogP contribution in [0.4, 0.5) is 0 Å². The third-order valence-electron chi connectivity index (χ3n) is 12.7. The first-order valence-electron chi connectivity index (χ1n) is 16.5. The van der Waals surface area contributed by atoms with Crippen LogP contribution in [0.5, 0.6) is 0 Å².